The molecule has 1 saturated heterocycles. The summed E-state index contributed by atoms with van der Waals surface area (Å²) in [6, 6.07) is 8.09. The highest BCUT2D eigenvalue weighted by Crippen LogP contribution is 2.22. The largest absolute Gasteiger partial charge is 0.496 e. The maximum Gasteiger partial charge on any atom is 0.225 e. The molecule has 0 spiro atoms. The van der Waals surface area contributed by atoms with Crippen LogP contribution >= 0.6 is 0 Å². The molecule has 0 saturated carbocycles. The summed E-state index contributed by atoms with van der Waals surface area (Å²) in [7, 11) is 1.68. The van der Waals surface area contributed by atoms with Crippen molar-refractivity contribution in [2.24, 2.45) is 11.8 Å². The first-order valence-electron chi connectivity index (χ1n) is 8.11. The minimum absolute atomic E-state index is 0.00679. The number of benzene rings is 1. The van der Waals surface area contributed by atoms with Gasteiger partial charge in [-0.15, -0.1) is 0 Å². The molecule has 2 atom stereocenters. The van der Waals surface area contributed by atoms with Crippen LogP contribution in [0.5, 0.6) is 5.75 Å². The molecule has 0 aromatic heterocycles. The summed E-state index contributed by atoms with van der Waals surface area (Å²) in [5, 5.41) is 3.21. The molecule has 0 unspecified atom stereocenters. The van der Waals surface area contributed by atoms with Crippen LogP contribution in [-0.4, -0.2) is 32.3 Å². The second-order valence-electron chi connectivity index (χ2n) is 6.29. The maximum atomic E-state index is 12.4. The molecule has 1 amide bonds. The van der Waals surface area contributed by atoms with E-state index in [4.69, 9.17) is 9.47 Å². The Balaban J connectivity index is 2.01. The first-order valence-corrected chi connectivity index (χ1v) is 8.11. The lowest BCUT2D eigenvalue weighted by atomic mass is 9.94. The predicted molar refractivity (Wildman–Crippen MR) is 87.0 cm³/mol. The predicted octanol–water partition coefficient (Wildman–Crippen LogP) is 2.81. The fourth-order valence-corrected chi connectivity index (χ4v) is 2.81. The van der Waals surface area contributed by atoms with Gasteiger partial charge in [-0.05, 0) is 36.8 Å². The number of rotatable bonds is 6. The van der Waals surface area contributed by atoms with Gasteiger partial charge < -0.3 is 14.8 Å². The van der Waals surface area contributed by atoms with E-state index in [1.807, 2.05) is 18.2 Å². The van der Waals surface area contributed by atoms with Crippen molar-refractivity contribution < 1.29 is 14.3 Å². The monoisotopic (exact) mass is 305 g/mol. The van der Waals surface area contributed by atoms with E-state index in [1.54, 1.807) is 7.11 Å². The van der Waals surface area contributed by atoms with Crippen molar-refractivity contribution in [3.05, 3.63) is 29.8 Å². The van der Waals surface area contributed by atoms with Crippen molar-refractivity contribution in [1.82, 2.24) is 5.32 Å². The van der Waals surface area contributed by atoms with Gasteiger partial charge in [0, 0.05) is 12.6 Å². The highest BCUT2D eigenvalue weighted by atomic mass is 16.5. The molecule has 1 aromatic carbocycles. The smallest absolute Gasteiger partial charge is 0.225 e. The maximum absolute atomic E-state index is 12.4. The van der Waals surface area contributed by atoms with Crippen molar-refractivity contribution in [3.63, 3.8) is 0 Å². The Kier molecular flexibility index (Phi) is 6.25. The van der Waals surface area contributed by atoms with Crippen molar-refractivity contribution in [2.45, 2.75) is 39.2 Å². The molecule has 0 bridgehead atoms. The van der Waals surface area contributed by atoms with Gasteiger partial charge in [0.25, 0.3) is 0 Å². The number of carbonyl (C=O) groups is 1. The lowest BCUT2D eigenvalue weighted by molar-refractivity contribution is -0.130. The molecule has 1 heterocycles. The minimum Gasteiger partial charge on any atom is -0.496 e. The fraction of sp³-hybridized carbons (Fsp3) is 0.611. The zero-order valence-electron chi connectivity index (χ0n) is 13.8. The third kappa shape index (κ3) is 4.47. The average molecular weight is 305 g/mol. The summed E-state index contributed by atoms with van der Waals surface area (Å²) in [5.74, 6) is 1.35. The van der Waals surface area contributed by atoms with E-state index in [0.29, 0.717) is 12.5 Å². The van der Waals surface area contributed by atoms with Crippen LogP contribution < -0.4 is 10.1 Å². The van der Waals surface area contributed by atoms with E-state index in [2.05, 4.69) is 25.2 Å². The summed E-state index contributed by atoms with van der Waals surface area (Å²) in [6.07, 6.45) is 2.67. The van der Waals surface area contributed by atoms with Gasteiger partial charge in [-0.2, -0.15) is 0 Å². The molecule has 22 heavy (non-hydrogen) atoms. The van der Waals surface area contributed by atoms with Gasteiger partial charge in [-0.1, -0.05) is 32.0 Å². The molecule has 1 aliphatic heterocycles. The van der Waals surface area contributed by atoms with Gasteiger partial charge in [0.05, 0.1) is 19.6 Å². The Bertz CT molecular complexity index is 481. The number of ether oxygens (including phenoxy) is 2. The van der Waals surface area contributed by atoms with Crippen molar-refractivity contribution in [2.75, 3.05) is 20.3 Å². The molecule has 122 valence electrons. The number of para-hydroxylation sites is 1. The van der Waals surface area contributed by atoms with E-state index < -0.39 is 0 Å². The molecular formula is C18H27NO3. The van der Waals surface area contributed by atoms with Crippen LogP contribution in [0.3, 0.4) is 0 Å². The number of methoxy groups -OCH3 is 1. The lowest BCUT2D eigenvalue weighted by Gasteiger charge is -2.27. The third-order valence-electron chi connectivity index (χ3n) is 4.30. The Morgan fingerprint density at radius 1 is 1.41 bits per heavy atom. The van der Waals surface area contributed by atoms with Crippen LogP contribution in [-0.2, 0) is 16.0 Å². The summed E-state index contributed by atoms with van der Waals surface area (Å²) in [6.45, 7) is 5.60. The first kappa shape index (κ1) is 16.8. The van der Waals surface area contributed by atoms with Crippen LogP contribution in [0.4, 0.5) is 0 Å². The summed E-state index contributed by atoms with van der Waals surface area (Å²) < 4.78 is 10.8. The minimum atomic E-state index is -0.00679. The van der Waals surface area contributed by atoms with E-state index in [-0.39, 0.29) is 17.9 Å². The van der Waals surface area contributed by atoms with E-state index in [9.17, 15) is 4.79 Å². The highest BCUT2D eigenvalue weighted by molar-refractivity contribution is 5.79. The molecule has 4 heteroatoms. The molecule has 4 nitrogen and oxygen atoms in total. The topological polar surface area (TPSA) is 47.6 Å². The first-order chi connectivity index (χ1) is 10.6. The molecule has 2 rings (SSSR count). The Labute approximate surface area is 133 Å². The lowest BCUT2D eigenvalue weighted by Crippen LogP contribution is -2.45. The van der Waals surface area contributed by atoms with Gasteiger partial charge in [-0.25, -0.2) is 0 Å². The fourth-order valence-electron chi connectivity index (χ4n) is 2.81. The van der Waals surface area contributed by atoms with Crippen LogP contribution in [0.25, 0.3) is 0 Å². The SMILES string of the molecule is COc1ccccc1C[C@H](NC(=O)[C@H]1CCCOC1)C(C)C. The summed E-state index contributed by atoms with van der Waals surface area (Å²) in [4.78, 5) is 12.4. The van der Waals surface area contributed by atoms with Gasteiger partial charge in [-0.3, -0.25) is 4.79 Å². The Morgan fingerprint density at radius 2 is 2.18 bits per heavy atom. The average Bonchev–Trinajstić information content (AvgIpc) is 2.55. The normalized spacial score (nSPS) is 19.7. The van der Waals surface area contributed by atoms with E-state index in [0.717, 1.165) is 37.2 Å². The zero-order chi connectivity index (χ0) is 15.9. The molecule has 1 aromatic rings. The van der Waals surface area contributed by atoms with Crippen LogP contribution in [0.15, 0.2) is 24.3 Å². The number of amides is 1. The Hall–Kier alpha value is -1.55. The molecule has 0 radical (unpaired) electrons. The van der Waals surface area contributed by atoms with Gasteiger partial charge in [0.1, 0.15) is 5.75 Å². The van der Waals surface area contributed by atoms with E-state index in [1.165, 1.54) is 0 Å². The quantitative estimate of drug-likeness (QED) is 0.879. The summed E-state index contributed by atoms with van der Waals surface area (Å²) >= 11 is 0. The molecule has 0 aliphatic carbocycles. The second kappa shape index (κ2) is 8.18. The van der Waals surface area contributed by atoms with Crippen molar-refractivity contribution >= 4 is 5.91 Å². The third-order valence-corrected chi connectivity index (χ3v) is 4.30. The second-order valence-corrected chi connectivity index (χ2v) is 6.29. The van der Waals surface area contributed by atoms with Gasteiger partial charge in [0.15, 0.2) is 0 Å². The number of hydrogen-bond donors (Lipinski definition) is 1. The van der Waals surface area contributed by atoms with Crippen molar-refractivity contribution in [3.8, 4) is 5.75 Å². The van der Waals surface area contributed by atoms with Gasteiger partial charge in [0.2, 0.25) is 5.91 Å². The van der Waals surface area contributed by atoms with Crippen LogP contribution in [0.2, 0.25) is 0 Å². The van der Waals surface area contributed by atoms with Crippen LogP contribution in [0, 0.1) is 11.8 Å². The van der Waals surface area contributed by atoms with Gasteiger partial charge >= 0.3 is 0 Å². The highest BCUT2D eigenvalue weighted by Gasteiger charge is 2.25. The number of hydrogen-bond acceptors (Lipinski definition) is 3. The van der Waals surface area contributed by atoms with Crippen molar-refractivity contribution in [1.29, 1.82) is 0 Å². The van der Waals surface area contributed by atoms with Crippen LogP contribution in [0.1, 0.15) is 32.3 Å². The molecular weight excluding hydrogens is 278 g/mol. The Morgan fingerprint density at radius 3 is 2.82 bits per heavy atom. The number of nitrogens with one attached hydrogen (secondary N) is 1. The molecule has 1 aliphatic rings. The molecule has 1 fully saturated rings. The number of carbonyl (C=O) groups excluding carboxylic acids is 1. The standard InChI is InChI=1S/C18H27NO3/c1-13(2)16(11-14-7-4-5-9-17(14)21-3)19-18(20)15-8-6-10-22-12-15/h4-5,7,9,13,15-16H,6,8,10-12H2,1-3H3,(H,19,20)/t15-,16-/m0/s1. The van der Waals surface area contributed by atoms with E-state index >= 15 is 0 Å². The zero-order valence-corrected chi connectivity index (χ0v) is 13.8. The molecule has 1 N–H and O–H groups in total. The summed E-state index contributed by atoms with van der Waals surface area (Å²) in [5.41, 5.74) is 1.13.